The van der Waals surface area contributed by atoms with E-state index in [0.717, 1.165) is 0 Å². The fourth-order valence-electron chi connectivity index (χ4n) is 5.83. The highest BCUT2D eigenvalue weighted by Gasteiger charge is 2.52. The minimum absolute atomic E-state index is 0.0471. The van der Waals surface area contributed by atoms with E-state index in [9.17, 15) is 5.11 Å². The Bertz CT molecular complexity index is 1670. The Hall–Kier alpha value is -2.68. The average molecular weight is 681 g/mol. The standard InChI is InChI=1S/C32H40ClF3N4O5Si/c1-30(2,3)46(6,7)45-23-15-43-25-22(14-42-26(23)25)44-29-38-20-12-18(33)27(39-28(20)40-29)37-21-13-32(35,36)17-10-16(8-9-31(4,5)41)11-19(34)24(17)21/h8-12,21-23,25-26,41H,13-15H2,1-7H3,(H2,37,38,39,40)/b9-8+/t21?,22-,23?,25?,26?/m1/s1. The summed E-state index contributed by atoms with van der Waals surface area (Å²) in [5.74, 6) is -3.99. The topological polar surface area (TPSA) is 111 Å². The van der Waals surface area contributed by atoms with Crippen LogP contribution in [-0.4, -0.2) is 71.6 Å². The molecule has 46 heavy (non-hydrogen) atoms. The van der Waals surface area contributed by atoms with E-state index < -0.39 is 49.8 Å². The number of hydrogen-bond donors (Lipinski definition) is 3. The summed E-state index contributed by atoms with van der Waals surface area (Å²) in [5, 5.41) is 13.0. The molecular formula is C32H40ClF3N4O5Si. The van der Waals surface area contributed by atoms with Crippen molar-refractivity contribution in [2.24, 2.45) is 0 Å². The number of halogens is 4. The van der Waals surface area contributed by atoms with Crippen molar-refractivity contribution in [1.82, 2.24) is 15.0 Å². The van der Waals surface area contributed by atoms with Gasteiger partial charge in [-0.1, -0.05) is 44.5 Å². The van der Waals surface area contributed by atoms with Crippen molar-refractivity contribution in [1.29, 1.82) is 0 Å². The molecule has 6 rings (SSSR count). The Morgan fingerprint density at radius 3 is 2.43 bits per heavy atom. The summed E-state index contributed by atoms with van der Waals surface area (Å²) < 4.78 is 70.4. The molecule has 2 aliphatic heterocycles. The van der Waals surface area contributed by atoms with Crippen molar-refractivity contribution in [3.8, 4) is 6.01 Å². The molecule has 3 aromatic rings. The number of benzene rings is 1. The smallest absolute Gasteiger partial charge is 0.296 e. The number of H-pyrrole nitrogens is 1. The molecule has 3 N–H and O–H groups in total. The van der Waals surface area contributed by atoms with Gasteiger partial charge >= 0.3 is 0 Å². The van der Waals surface area contributed by atoms with Crippen LogP contribution in [0.15, 0.2) is 24.3 Å². The zero-order chi connectivity index (χ0) is 33.4. The SMILES string of the molecule is CC(C)(O)/C=C/c1cc(F)c2c(c1)C(F)(F)CC2Nc1nc2[nH]c(O[C@@H]3COC4C(O[Si](C)(C)C(C)(C)C)COC43)nc2cc1Cl. The third-order valence-electron chi connectivity index (χ3n) is 9.23. The van der Waals surface area contributed by atoms with E-state index in [4.69, 9.17) is 30.2 Å². The van der Waals surface area contributed by atoms with Crippen LogP contribution in [0.2, 0.25) is 23.2 Å². The van der Waals surface area contributed by atoms with Gasteiger partial charge < -0.3 is 29.1 Å². The molecule has 4 heterocycles. The van der Waals surface area contributed by atoms with Gasteiger partial charge in [0, 0.05) is 17.5 Å². The Kier molecular flexibility index (Phi) is 8.29. The average Bonchev–Trinajstić information content (AvgIpc) is 3.66. The number of nitrogens with one attached hydrogen (secondary N) is 2. The quantitative estimate of drug-likeness (QED) is 0.216. The van der Waals surface area contributed by atoms with Gasteiger partial charge in [-0.05, 0) is 55.7 Å². The number of ether oxygens (including phenoxy) is 3. The Balaban J connectivity index is 1.17. The maximum Gasteiger partial charge on any atom is 0.296 e. The van der Waals surface area contributed by atoms with Gasteiger partial charge in [0.05, 0.1) is 36.0 Å². The van der Waals surface area contributed by atoms with Gasteiger partial charge in [-0.15, -0.1) is 0 Å². The van der Waals surface area contributed by atoms with Gasteiger partial charge in [0.25, 0.3) is 11.9 Å². The molecule has 2 saturated heterocycles. The fraction of sp³-hybridized carbons (Fsp3) is 0.562. The van der Waals surface area contributed by atoms with E-state index in [2.05, 4.69) is 54.1 Å². The number of fused-ring (bicyclic) bond motifs is 3. The number of aromatic amines is 1. The molecule has 2 fully saturated rings. The maximum atomic E-state index is 15.3. The van der Waals surface area contributed by atoms with Gasteiger partial charge in [-0.3, -0.25) is 4.98 Å². The number of alkyl halides is 2. The molecule has 14 heteroatoms. The molecule has 4 unspecified atom stereocenters. The molecule has 0 amide bonds. The Morgan fingerprint density at radius 2 is 1.76 bits per heavy atom. The van der Waals surface area contributed by atoms with Crippen LogP contribution in [0.3, 0.4) is 0 Å². The van der Waals surface area contributed by atoms with Crippen LogP contribution < -0.4 is 10.1 Å². The van der Waals surface area contributed by atoms with E-state index in [1.165, 1.54) is 44.2 Å². The van der Waals surface area contributed by atoms with E-state index in [1.54, 1.807) is 0 Å². The Morgan fingerprint density at radius 1 is 1.09 bits per heavy atom. The van der Waals surface area contributed by atoms with Crippen molar-refractivity contribution >= 4 is 43.0 Å². The van der Waals surface area contributed by atoms with Gasteiger partial charge in [0.2, 0.25) is 0 Å². The van der Waals surface area contributed by atoms with E-state index in [0.29, 0.717) is 24.4 Å². The largest absolute Gasteiger partial charge is 0.456 e. The summed E-state index contributed by atoms with van der Waals surface area (Å²) in [6.45, 7) is 14.7. The molecule has 0 spiro atoms. The number of aliphatic hydroxyl groups is 1. The molecule has 0 radical (unpaired) electrons. The van der Waals surface area contributed by atoms with Crippen LogP contribution in [0.25, 0.3) is 17.2 Å². The molecule has 9 nitrogen and oxygen atoms in total. The third-order valence-corrected chi connectivity index (χ3v) is 14.0. The summed E-state index contributed by atoms with van der Waals surface area (Å²) in [6, 6.07) is 3.03. The molecule has 3 aliphatic rings. The van der Waals surface area contributed by atoms with Gasteiger partial charge in [0.1, 0.15) is 29.4 Å². The van der Waals surface area contributed by atoms with Gasteiger partial charge in [-0.2, -0.15) is 4.98 Å². The van der Waals surface area contributed by atoms with Gasteiger partial charge in [-0.25, -0.2) is 18.2 Å². The van der Waals surface area contributed by atoms with E-state index in [1.807, 2.05) is 0 Å². The maximum absolute atomic E-state index is 15.3. The number of imidazole rings is 1. The number of nitrogens with zero attached hydrogens (tertiary/aromatic N) is 2. The predicted octanol–water partition coefficient (Wildman–Crippen LogP) is 7.12. The fourth-order valence-corrected chi connectivity index (χ4v) is 7.34. The molecule has 1 aliphatic carbocycles. The molecule has 2 aromatic heterocycles. The second-order valence-corrected chi connectivity index (χ2v) is 19.6. The third kappa shape index (κ3) is 6.42. The zero-order valence-corrected chi connectivity index (χ0v) is 28.6. The van der Waals surface area contributed by atoms with Crippen LogP contribution in [-0.2, 0) is 19.8 Å². The summed E-state index contributed by atoms with van der Waals surface area (Å²) >= 11 is 6.50. The van der Waals surface area contributed by atoms with Crippen molar-refractivity contribution in [2.75, 3.05) is 18.5 Å². The lowest BCUT2D eigenvalue weighted by Gasteiger charge is -2.39. The van der Waals surface area contributed by atoms with E-state index >= 15 is 13.2 Å². The summed E-state index contributed by atoms with van der Waals surface area (Å²) in [5.41, 5.74) is -0.818. The highest BCUT2D eigenvalue weighted by atomic mass is 35.5. The first-order valence-electron chi connectivity index (χ1n) is 15.4. The zero-order valence-electron chi connectivity index (χ0n) is 26.9. The molecular weight excluding hydrogens is 641 g/mol. The van der Waals surface area contributed by atoms with Crippen molar-refractivity contribution in [2.45, 2.75) is 101 Å². The molecule has 5 atom stereocenters. The Labute approximate surface area is 272 Å². The van der Waals surface area contributed by atoms with E-state index in [-0.39, 0.29) is 51.3 Å². The minimum atomic E-state index is -3.30. The lowest BCUT2D eigenvalue weighted by molar-refractivity contribution is -0.00532. The van der Waals surface area contributed by atoms with Crippen molar-refractivity contribution in [3.05, 3.63) is 51.8 Å². The van der Waals surface area contributed by atoms with Crippen LogP contribution >= 0.6 is 11.6 Å². The second kappa shape index (κ2) is 11.5. The molecule has 1 aromatic carbocycles. The first-order chi connectivity index (χ1) is 21.3. The highest BCUT2D eigenvalue weighted by molar-refractivity contribution is 6.74. The first kappa shape index (κ1) is 33.2. The van der Waals surface area contributed by atoms with Crippen LogP contribution in [0.5, 0.6) is 6.01 Å². The van der Waals surface area contributed by atoms with Crippen LogP contribution in [0.1, 0.15) is 63.8 Å². The van der Waals surface area contributed by atoms with Gasteiger partial charge in [0.15, 0.2) is 20.1 Å². The van der Waals surface area contributed by atoms with Crippen molar-refractivity contribution in [3.63, 3.8) is 0 Å². The van der Waals surface area contributed by atoms with Crippen molar-refractivity contribution < 1.29 is 36.9 Å². The minimum Gasteiger partial charge on any atom is -0.456 e. The molecule has 0 bridgehead atoms. The highest BCUT2D eigenvalue weighted by Crippen LogP contribution is 2.50. The van der Waals surface area contributed by atoms with Crippen LogP contribution in [0.4, 0.5) is 19.0 Å². The molecule has 250 valence electrons. The number of anilines is 1. The summed E-state index contributed by atoms with van der Waals surface area (Å²) in [4.78, 5) is 12.0. The summed E-state index contributed by atoms with van der Waals surface area (Å²) in [6.07, 6.45) is 0.944. The monoisotopic (exact) mass is 680 g/mol. The number of pyridine rings is 1. The number of hydrogen-bond acceptors (Lipinski definition) is 8. The normalized spacial score (nSPS) is 26.2. The first-order valence-corrected chi connectivity index (χ1v) is 18.6. The number of aromatic nitrogens is 3. The molecule has 0 saturated carbocycles. The lowest BCUT2D eigenvalue weighted by atomic mass is 10.0. The number of rotatable bonds is 8. The predicted molar refractivity (Wildman–Crippen MR) is 171 cm³/mol. The lowest BCUT2D eigenvalue weighted by Crippen LogP contribution is -2.47. The second-order valence-electron chi connectivity index (χ2n) is 14.5. The van der Waals surface area contributed by atoms with Crippen LogP contribution in [0, 0.1) is 5.82 Å². The summed E-state index contributed by atoms with van der Waals surface area (Å²) in [7, 11) is -2.04.